The van der Waals surface area contributed by atoms with Crippen LogP contribution in [0.4, 0.5) is 4.79 Å². The van der Waals surface area contributed by atoms with Crippen LogP contribution >= 0.6 is 0 Å². The fraction of sp³-hybridized carbons (Fsp3) is 0.438. The number of piperazine rings is 1. The van der Waals surface area contributed by atoms with Crippen LogP contribution in [0, 0.1) is 11.8 Å². The van der Waals surface area contributed by atoms with Gasteiger partial charge in [0.2, 0.25) is 5.54 Å². The van der Waals surface area contributed by atoms with Gasteiger partial charge in [-0.1, -0.05) is 37.2 Å². The van der Waals surface area contributed by atoms with Gasteiger partial charge in [-0.3, -0.25) is 24.6 Å². The Kier molecular flexibility index (Phi) is 7.60. The van der Waals surface area contributed by atoms with Gasteiger partial charge < -0.3 is 19.9 Å². The van der Waals surface area contributed by atoms with Crippen LogP contribution < -0.4 is 15.4 Å². The lowest BCUT2D eigenvalue weighted by Gasteiger charge is -2.40. The number of fused-ring (bicyclic) bond motifs is 1. The van der Waals surface area contributed by atoms with E-state index in [4.69, 9.17) is 4.74 Å². The Morgan fingerprint density at radius 3 is 2.40 bits per heavy atom. The van der Waals surface area contributed by atoms with Crippen LogP contribution in [0.2, 0.25) is 0 Å². The number of ether oxygens (including phenoxy) is 1. The molecule has 3 aliphatic heterocycles. The fourth-order valence-corrected chi connectivity index (χ4v) is 6.41. The predicted molar refractivity (Wildman–Crippen MR) is 155 cm³/mol. The Morgan fingerprint density at radius 1 is 1.00 bits per heavy atom. The van der Waals surface area contributed by atoms with Crippen LogP contribution in [0.1, 0.15) is 63.9 Å². The van der Waals surface area contributed by atoms with Gasteiger partial charge in [0, 0.05) is 55.5 Å². The van der Waals surface area contributed by atoms with E-state index in [0.717, 1.165) is 31.7 Å². The number of hydrogen-bond acceptors (Lipinski definition) is 6. The maximum atomic E-state index is 13.2. The largest absolute Gasteiger partial charge is 0.497 e. The number of amides is 5. The van der Waals surface area contributed by atoms with E-state index in [2.05, 4.69) is 27.4 Å². The SMILES string of the molecule is COc1ccc2c(c1)C(=O)N(C[C@@]1(C#Cc3ccc(C(=O)N4CCN(C5CCCCC5)CC4)cc3)NC(=O)NC1=O)C2. The number of nitrogens with one attached hydrogen (secondary N) is 2. The Morgan fingerprint density at radius 2 is 1.74 bits per heavy atom. The molecule has 2 aromatic carbocycles. The van der Waals surface area contributed by atoms with Crippen molar-refractivity contribution in [2.75, 3.05) is 39.8 Å². The van der Waals surface area contributed by atoms with Gasteiger partial charge in [0.1, 0.15) is 5.75 Å². The standard InChI is InChI=1S/C32H35N5O5/c1-42-26-12-11-24-20-37(29(39)27(24)19-26)21-32(30(40)33-31(41)34-32)14-13-22-7-9-23(10-8-22)28(38)36-17-15-35(16-18-36)25-5-3-2-4-6-25/h7-12,19,25H,2-6,15-18,20-21H2,1H3,(H2,33,34,40,41)/t32-/m1/s1. The second-order valence-corrected chi connectivity index (χ2v) is 11.4. The lowest BCUT2D eigenvalue weighted by atomic mass is 9.94. The highest BCUT2D eigenvalue weighted by Crippen LogP contribution is 2.29. The molecule has 0 unspecified atom stereocenters. The second-order valence-electron chi connectivity index (χ2n) is 11.4. The minimum absolute atomic E-state index is 0.000417. The van der Waals surface area contributed by atoms with Crippen LogP contribution in [-0.4, -0.2) is 89.9 Å². The summed E-state index contributed by atoms with van der Waals surface area (Å²) in [6.45, 7) is 3.44. The molecule has 42 heavy (non-hydrogen) atoms. The van der Waals surface area contributed by atoms with Crippen LogP contribution in [0.5, 0.6) is 5.75 Å². The van der Waals surface area contributed by atoms with E-state index in [9.17, 15) is 19.2 Å². The number of carbonyl (C=O) groups excluding carboxylic acids is 4. The number of nitrogens with zero attached hydrogens (tertiary/aromatic N) is 3. The quantitative estimate of drug-likeness (QED) is 0.423. The van der Waals surface area contributed by atoms with Crippen molar-refractivity contribution < 1.29 is 23.9 Å². The summed E-state index contributed by atoms with van der Waals surface area (Å²) in [6, 6.07) is 12.2. The number of benzene rings is 2. The fourth-order valence-electron chi connectivity index (χ4n) is 6.41. The number of hydrogen-bond donors (Lipinski definition) is 2. The van der Waals surface area contributed by atoms with Crippen molar-refractivity contribution in [3.05, 3.63) is 64.7 Å². The zero-order valence-electron chi connectivity index (χ0n) is 23.8. The van der Waals surface area contributed by atoms with Gasteiger partial charge in [0.15, 0.2) is 0 Å². The first kappa shape index (κ1) is 27.8. The lowest BCUT2D eigenvalue weighted by molar-refractivity contribution is -0.122. The first-order valence-corrected chi connectivity index (χ1v) is 14.6. The number of urea groups is 1. The van der Waals surface area contributed by atoms with Crippen LogP contribution in [0.3, 0.4) is 0 Å². The highest BCUT2D eigenvalue weighted by atomic mass is 16.5. The van der Waals surface area contributed by atoms with Gasteiger partial charge in [-0.15, -0.1) is 0 Å². The van der Waals surface area contributed by atoms with Gasteiger partial charge >= 0.3 is 6.03 Å². The zero-order chi connectivity index (χ0) is 29.3. The van der Waals surface area contributed by atoms with Crippen LogP contribution in [-0.2, 0) is 11.3 Å². The van der Waals surface area contributed by atoms with E-state index < -0.39 is 17.5 Å². The predicted octanol–water partition coefficient (Wildman–Crippen LogP) is 2.37. The molecule has 218 valence electrons. The highest BCUT2D eigenvalue weighted by Gasteiger charge is 2.48. The van der Waals surface area contributed by atoms with E-state index >= 15 is 0 Å². The Labute approximate surface area is 245 Å². The van der Waals surface area contributed by atoms with Gasteiger partial charge in [0.25, 0.3) is 17.7 Å². The molecule has 1 saturated carbocycles. The summed E-state index contributed by atoms with van der Waals surface area (Å²) in [7, 11) is 1.53. The second kappa shape index (κ2) is 11.5. The molecule has 3 fully saturated rings. The number of imide groups is 1. The average Bonchev–Trinajstić information content (AvgIpc) is 3.49. The number of carbonyl (C=O) groups is 4. The highest BCUT2D eigenvalue weighted by molar-refractivity contribution is 6.10. The molecule has 3 heterocycles. The molecule has 4 aliphatic rings. The topological polar surface area (TPSA) is 111 Å². The van der Waals surface area contributed by atoms with Crippen molar-refractivity contribution in [3.63, 3.8) is 0 Å². The molecule has 5 amide bonds. The first-order chi connectivity index (χ1) is 20.3. The molecule has 1 atom stereocenters. The van der Waals surface area contributed by atoms with Gasteiger partial charge in [0.05, 0.1) is 13.7 Å². The first-order valence-electron chi connectivity index (χ1n) is 14.6. The molecule has 0 aromatic heterocycles. The maximum Gasteiger partial charge on any atom is 0.323 e. The van der Waals surface area contributed by atoms with Crippen LogP contribution in [0.15, 0.2) is 42.5 Å². The summed E-state index contributed by atoms with van der Waals surface area (Å²) >= 11 is 0. The molecular weight excluding hydrogens is 534 g/mol. The Bertz CT molecular complexity index is 1460. The molecule has 0 bridgehead atoms. The van der Waals surface area contributed by atoms with E-state index in [1.807, 2.05) is 11.0 Å². The summed E-state index contributed by atoms with van der Waals surface area (Å²) in [5.74, 6) is 5.59. The summed E-state index contributed by atoms with van der Waals surface area (Å²) in [5, 5.41) is 4.88. The van der Waals surface area contributed by atoms with E-state index in [1.165, 1.54) is 44.1 Å². The third-order valence-electron chi connectivity index (χ3n) is 8.81. The van der Waals surface area contributed by atoms with Crippen molar-refractivity contribution in [2.24, 2.45) is 0 Å². The Hall–Kier alpha value is -4.36. The summed E-state index contributed by atoms with van der Waals surface area (Å²) in [4.78, 5) is 57.3. The zero-order valence-corrected chi connectivity index (χ0v) is 23.8. The monoisotopic (exact) mass is 569 g/mol. The molecule has 2 saturated heterocycles. The lowest BCUT2D eigenvalue weighted by Crippen LogP contribution is -2.54. The normalized spacial score (nSPS) is 22.7. The molecule has 6 rings (SSSR count). The summed E-state index contributed by atoms with van der Waals surface area (Å²) in [6.07, 6.45) is 6.47. The van der Waals surface area contributed by atoms with E-state index in [1.54, 1.807) is 36.4 Å². The van der Waals surface area contributed by atoms with Crippen molar-refractivity contribution in [3.8, 4) is 17.6 Å². The molecular formula is C32H35N5O5. The molecule has 0 radical (unpaired) electrons. The van der Waals surface area contributed by atoms with Gasteiger partial charge in [-0.05, 0) is 54.8 Å². The van der Waals surface area contributed by atoms with E-state index in [0.29, 0.717) is 28.5 Å². The van der Waals surface area contributed by atoms with E-state index in [-0.39, 0.29) is 24.9 Å². The molecule has 2 N–H and O–H groups in total. The van der Waals surface area contributed by atoms with Gasteiger partial charge in [-0.2, -0.15) is 0 Å². The third-order valence-corrected chi connectivity index (χ3v) is 8.81. The molecule has 2 aromatic rings. The van der Waals surface area contributed by atoms with Gasteiger partial charge in [-0.25, -0.2) is 4.79 Å². The van der Waals surface area contributed by atoms with Crippen molar-refractivity contribution >= 4 is 23.8 Å². The number of rotatable bonds is 5. The van der Waals surface area contributed by atoms with Crippen molar-refractivity contribution in [1.29, 1.82) is 0 Å². The van der Waals surface area contributed by atoms with Crippen molar-refractivity contribution in [2.45, 2.75) is 50.2 Å². The molecule has 10 heteroatoms. The number of methoxy groups -OCH3 is 1. The minimum Gasteiger partial charge on any atom is -0.497 e. The smallest absolute Gasteiger partial charge is 0.323 e. The molecule has 10 nitrogen and oxygen atoms in total. The summed E-state index contributed by atoms with van der Waals surface area (Å²) < 4.78 is 5.24. The maximum absolute atomic E-state index is 13.2. The Balaban J connectivity index is 1.13. The average molecular weight is 570 g/mol. The van der Waals surface area contributed by atoms with Crippen molar-refractivity contribution in [1.82, 2.24) is 25.3 Å². The summed E-state index contributed by atoms with van der Waals surface area (Å²) in [5.41, 5.74) is 0.875. The molecule has 1 aliphatic carbocycles. The third kappa shape index (κ3) is 5.44. The van der Waals surface area contributed by atoms with Crippen LogP contribution in [0.25, 0.3) is 0 Å². The minimum atomic E-state index is -1.61. The molecule has 0 spiro atoms.